The van der Waals surface area contributed by atoms with Crippen LogP contribution in [0.5, 0.6) is 0 Å². The van der Waals surface area contributed by atoms with Crippen molar-refractivity contribution in [1.29, 1.82) is 0 Å². The molecule has 0 fully saturated rings. The van der Waals surface area contributed by atoms with Gasteiger partial charge in [-0.3, -0.25) is 0 Å². The van der Waals surface area contributed by atoms with E-state index < -0.39 is 0 Å². The number of urea groups is 1. The maximum atomic E-state index is 12.4. The number of nitrogens with one attached hydrogen (secondary N) is 2. The van der Waals surface area contributed by atoms with Crippen molar-refractivity contribution >= 4 is 23.1 Å². The molecule has 2 N–H and O–H groups in total. The fourth-order valence-corrected chi connectivity index (χ4v) is 3.88. The Morgan fingerprint density at radius 1 is 1.04 bits per heavy atom. The summed E-state index contributed by atoms with van der Waals surface area (Å²) in [6, 6.07) is 13.5. The van der Waals surface area contributed by atoms with Gasteiger partial charge < -0.3 is 20.4 Å². The SMILES string of the molecule is CN(C)CC1CCc2cc(NC(=O)Nc3ccccc3)cc(N(C)C)c2C1. The minimum absolute atomic E-state index is 0.216. The quantitative estimate of drug-likeness (QED) is 0.839. The van der Waals surface area contributed by atoms with Crippen LogP contribution in [-0.2, 0) is 12.8 Å². The molecule has 1 atom stereocenters. The Bertz CT molecular complexity index is 786. The highest BCUT2D eigenvalue weighted by molar-refractivity contribution is 6.00. The maximum Gasteiger partial charge on any atom is 0.323 e. The molecule has 0 heterocycles. The third-order valence-electron chi connectivity index (χ3n) is 5.03. The van der Waals surface area contributed by atoms with Gasteiger partial charge in [0, 0.05) is 37.7 Å². The topological polar surface area (TPSA) is 47.6 Å². The van der Waals surface area contributed by atoms with Crippen LogP contribution in [0, 0.1) is 5.92 Å². The van der Waals surface area contributed by atoms with Gasteiger partial charge in [0.15, 0.2) is 0 Å². The molecule has 0 bridgehead atoms. The smallest absolute Gasteiger partial charge is 0.323 e. The van der Waals surface area contributed by atoms with Crippen molar-refractivity contribution in [1.82, 2.24) is 4.90 Å². The summed E-state index contributed by atoms with van der Waals surface area (Å²) in [7, 11) is 8.42. The van der Waals surface area contributed by atoms with Crippen molar-refractivity contribution in [3.63, 3.8) is 0 Å². The third-order valence-corrected chi connectivity index (χ3v) is 5.03. The zero-order valence-corrected chi connectivity index (χ0v) is 16.7. The van der Waals surface area contributed by atoms with Gasteiger partial charge >= 0.3 is 6.03 Å². The van der Waals surface area contributed by atoms with Gasteiger partial charge in [0.1, 0.15) is 0 Å². The Hall–Kier alpha value is -2.53. The maximum absolute atomic E-state index is 12.4. The van der Waals surface area contributed by atoms with Crippen LogP contribution in [-0.4, -0.2) is 45.7 Å². The highest BCUT2D eigenvalue weighted by Crippen LogP contribution is 2.35. The Kier molecular flexibility index (Phi) is 6.01. The van der Waals surface area contributed by atoms with E-state index in [9.17, 15) is 4.79 Å². The molecule has 0 aliphatic heterocycles. The first-order chi connectivity index (χ1) is 12.9. The summed E-state index contributed by atoms with van der Waals surface area (Å²) in [6.07, 6.45) is 3.35. The van der Waals surface area contributed by atoms with Crippen molar-refractivity contribution in [2.45, 2.75) is 19.3 Å². The number of rotatable bonds is 5. The molecule has 1 aliphatic carbocycles. The van der Waals surface area contributed by atoms with E-state index in [1.54, 1.807) is 0 Å². The standard InChI is InChI=1S/C22H30N4O/c1-25(2)15-16-10-11-17-13-19(14-21(26(3)4)20(17)12-16)24-22(27)23-18-8-6-5-7-9-18/h5-9,13-14,16H,10-12,15H2,1-4H3,(H2,23,24,27). The van der Waals surface area contributed by atoms with Crippen molar-refractivity contribution in [3.05, 3.63) is 53.6 Å². The van der Waals surface area contributed by atoms with Gasteiger partial charge in [-0.15, -0.1) is 0 Å². The molecule has 0 saturated heterocycles. The Morgan fingerprint density at radius 3 is 2.41 bits per heavy atom. The van der Waals surface area contributed by atoms with Crippen LogP contribution >= 0.6 is 0 Å². The average molecular weight is 367 g/mol. The molecule has 144 valence electrons. The summed E-state index contributed by atoms with van der Waals surface area (Å²) in [5.41, 5.74) is 5.61. The number of nitrogens with zero attached hydrogens (tertiary/aromatic N) is 2. The minimum Gasteiger partial charge on any atom is -0.377 e. The van der Waals surface area contributed by atoms with Gasteiger partial charge in [0.05, 0.1) is 0 Å². The van der Waals surface area contributed by atoms with E-state index in [0.717, 1.165) is 30.8 Å². The molecule has 5 heteroatoms. The number of anilines is 3. The molecule has 0 radical (unpaired) electrons. The predicted octanol–water partition coefficient (Wildman–Crippen LogP) is 4.06. The van der Waals surface area contributed by atoms with Crippen molar-refractivity contribution in [3.8, 4) is 0 Å². The Morgan fingerprint density at radius 2 is 1.74 bits per heavy atom. The summed E-state index contributed by atoms with van der Waals surface area (Å²) in [4.78, 5) is 16.8. The van der Waals surface area contributed by atoms with Gasteiger partial charge in [-0.2, -0.15) is 0 Å². The van der Waals surface area contributed by atoms with Crippen LogP contribution in [0.25, 0.3) is 0 Å². The van der Waals surface area contributed by atoms with Crippen LogP contribution in [0.15, 0.2) is 42.5 Å². The van der Waals surface area contributed by atoms with Gasteiger partial charge in [0.25, 0.3) is 0 Å². The van der Waals surface area contributed by atoms with Crippen LogP contribution in [0.1, 0.15) is 17.5 Å². The number of hydrogen-bond donors (Lipinski definition) is 2. The predicted molar refractivity (Wildman–Crippen MR) is 114 cm³/mol. The number of amides is 2. The van der Waals surface area contributed by atoms with Crippen LogP contribution < -0.4 is 15.5 Å². The van der Waals surface area contributed by atoms with Crippen LogP contribution in [0.4, 0.5) is 21.9 Å². The zero-order chi connectivity index (χ0) is 19.4. The molecule has 27 heavy (non-hydrogen) atoms. The summed E-state index contributed by atoms with van der Waals surface area (Å²) in [6.45, 7) is 1.12. The third kappa shape index (κ3) is 5.01. The van der Waals surface area contributed by atoms with E-state index in [1.807, 2.05) is 30.3 Å². The Labute approximate surface area is 162 Å². The van der Waals surface area contributed by atoms with Crippen molar-refractivity contribution in [2.24, 2.45) is 5.92 Å². The number of hydrogen-bond acceptors (Lipinski definition) is 3. The summed E-state index contributed by atoms with van der Waals surface area (Å²) in [5, 5.41) is 5.87. The molecular weight excluding hydrogens is 336 g/mol. The second-order valence-electron chi connectivity index (χ2n) is 7.84. The monoisotopic (exact) mass is 366 g/mol. The fourth-order valence-electron chi connectivity index (χ4n) is 3.88. The molecule has 1 aliphatic rings. The largest absolute Gasteiger partial charge is 0.377 e. The van der Waals surface area contributed by atoms with Gasteiger partial charge in [-0.25, -0.2) is 4.79 Å². The molecule has 2 amide bonds. The molecule has 0 aromatic heterocycles. The molecule has 2 aromatic rings. The second-order valence-corrected chi connectivity index (χ2v) is 7.84. The fraction of sp³-hybridized carbons (Fsp3) is 0.409. The first kappa shape index (κ1) is 19.2. The lowest BCUT2D eigenvalue weighted by molar-refractivity contribution is 0.262. The molecule has 0 saturated carbocycles. The molecule has 0 spiro atoms. The normalized spacial score (nSPS) is 16.0. The molecule has 2 aromatic carbocycles. The Balaban J connectivity index is 1.78. The van der Waals surface area contributed by atoms with Gasteiger partial charge in [0.2, 0.25) is 0 Å². The van der Waals surface area contributed by atoms with E-state index >= 15 is 0 Å². The lowest BCUT2D eigenvalue weighted by atomic mass is 9.82. The average Bonchev–Trinajstić information content (AvgIpc) is 2.61. The zero-order valence-electron chi connectivity index (χ0n) is 16.7. The highest BCUT2D eigenvalue weighted by Gasteiger charge is 2.23. The minimum atomic E-state index is -0.216. The number of para-hydroxylation sites is 1. The number of carbonyl (C=O) groups is 1. The first-order valence-electron chi connectivity index (χ1n) is 9.53. The van der Waals surface area contributed by atoms with Crippen LogP contribution in [0.2, 0.25) is 0 Å². The number of fused-ring (bicyclic) bond motifs is 1. The van der Waals surface area contributed by atoms with E-state index in [-0.39, 0.29) is 6.03 Å². The molecule has 1 unspecified atom stereocenters. The van der Waals surface area contributed by atoms with E-state index in [4.69, 9.17) is 0 Å². The van der Waals surface area contributed by atoms with E-state index in [0.29, 0.717) is 5.92 Å². The number of aryl methyl sites for hydroxylation is 1. The molecule has 5 nitrogen and oxygen atoms in total. The van der Waals surface area contributed by atoms with E-state index in [1.165, 1.54) is 23.2 Å². The summed E-state index contributed by atoms with van der Waals surface area (Å²) >= 11 is 0. The number of benzene rings is 2. The molecule has 3 rings (SSSR count). The number of carbonyl (C=O) groups excluding carboxylic acids is 1. The van der Waals surface area contributed by atoms with Gasteiger partial charge in [-0.05, 0) is 74.7 Å². The summed E-state index contributed by atoms with van der Waals surface area (Å²) in [5.74, 6) is 0.686. The van der Waals surface area contributed by atoms with Crippen molar-refractivity contribution < 1.29 is 4.79 Å². The van der Waals surface area contributed by atoms with E-state index in [2.05, 4.69) is 60.8 Å². The second kappa shape index (κ2) is 8.44. The highest BCUT2D eigenvalue weighted by atomic mass is 16.2. The van der Waals surface area contributed by atoms with Crippen LogP contribution in [0.3, 0.4) is 0 Å². The summed E-state index contributed by atoms with van der Waals surface area (Å²) < 4.78 is 0. The lowest BCUT2D eigenvalue weighted by Gasteiger charge is -2.31. The molecular formula is C22H30N4O. The van der Waals surface area contributed by atoms with Gasteiger partial charge in [-0.1, -0.05) is 18.2 Å². The van der Waals surface area contributed by atoms with Crippen molar-refractivity contribution in [2.75, 3.05) is 50.3 Å². The lowest BCUT2D eigenvalue weighted by Crippen LogP contribution is -2.28. The first-order valence-corrected chi connectivity index (χ1v) is 9.53.